The summed E-state index contributed by atoms with van der Waals surface area (Å²) in [7, 11) is 0. The first-order valence-electron chi connectivity index (χ1n) is 16.7. The number of fused-ring (bicyclic) bond motifs is 11. The standard InChI is InChI=1S/C45H23N3O2/c46-22-34-27-11-6-10-26-33-19-32-25-9-2-3-12-35(25)47-37(32)21-39(33)49-40(42(26)27)20-31(34)28-16-15-23-7-5-14-38-41(23)43(28)30-18-17-29-24-8-1-4-13-36(24)48-44(29)45(30)50-38/h1-21,47-48H. The molecule has 50 heavy (non-hydrogen) atoms. The molecule has 2 aromatic heterocycles. The molecule has 4 heterocycles. The lowest BCUT2D eigenvalue weighted by atomic mass is 9.83. The molecule has 2 aliphatic rings. The van der Waals surface area contributed by atoms with E-state index >= 15 is 0 Å². The van der Waals surface area contributed by atoms with Gasteiger partial charge in [-0.1, -0.05) is 84.9 Å². The number of hydrogen-bond donors (Lipinski definition) is 2. The quantitative estimate of drug-likeness (QED) is 0.188. The molecule has 2 aliphatic heterocycles. The minimum atomic E-state index is 0.624. The second-order valence-electron chi connectivity index (χ2n) is 13.3. The molecule has 230 valence electrons. The highest BCUT2D eigenvalue weighted by molar-refractivity contribution is 6.18. The first-order chi connectivity index (χ1) is 24.7. The lowest BCUT2D eigenvalue weighted by Crippen LogP contribution is -2.02. The zero-order valence-corrected chi connectivity index (χ0v) is 26.4. The average Bonchev–Trinajstić information content (AvgIpc) is 3.72. The summed E-state index contributed by atoms with van der Waals surface area (Å²) in [4.78, 5) is 7.21. The minimum absolute atomic E-state index is 0.624. The highest BCUT2D eigenvalue weighted by atomic mass is 16.5. The summed E-state index contributed by atoms with van der Waals surface area (Å²) < 4.78 is 13.6. The number of aromatic nitrogens is 2. The third kappa shape index (κ3) is 3.20. The molecule has 0 spiro atoms. The lowest BCUT2D eigenvalue weighted by Gasteiger charge is -2.26. The van der Waals surface area contributed by atoms with Gasteiger partial charge in [0.15, 0.2) is 5.75 Å². The molecular formula is C45H23N3O2. The second kappa shape index (κ2) is 9.10. The van der Waals surface area contributed by atoms with E-state index in [9.17, 15) is 5.26 Å². The first kappa shape index (κ1) is 26.0. The maximum atomic E-state index is 10.9. The number of nitrogens with one attached hydrogen (secondary N) is 2. The smallest absolute Gasteiger partial charge is 0.159 e. The Bertz CT molecular complexity index is 3230. The Morgan fingerprint density at radius 1 is 0.460 bits per heavy atom. The van der Waals surface area contributed by atoms with E-state index in [4.69, 9.17) is 9.47 Å². The molecule has 0 radical (unpaired) electrons. The maximum Gasteiger partial charge on any atom is 0.159 e. The van der Waals surface area contributed by atoms with Gasteiger partial charge in [0.1, 0.15) is 23.3 Å². The van der Waals surface area contributed by atoms with Crippen molar-refractivity contribution in [3.05, 3.63) is 133 Å². The van der Waals surface area contributed by atoms with Gasteiger partial charge in [0.25, 0.3) is 0 Å². The molecule has 0 bridgehead atoms. The monoisotopic (exact) mass is 637 g/mol. The zero-order chi connectivity index (χ0) is 32.7. The van der Waals surface area contributed by atoms with Crippen LogP contribution in [0.5, 0.6) is 23.0 Å². The van der Waals surface area contributed by atoms with E-state index in [1.165, 1.54) is 5.39 Å². The summed E-state index contributed by atoms with van der Waals surface area (Å²) in [5, 5.41) is 19.5. The van der Waals surface area contributed by atoms with Gasteiger partial charge in [0.05, 0.1) is 16.6 Å². The molecule has 8 aromatic carbocycles. The van der Waals surface area contributed by atoms with Gasteiger partial charge in [-0.2, -0.15) is 5.26 Å². The van der Waals surface area contributed by atoms with Gasteiger partial charge in [0, 0.05) is 77.1 Å². The average molecular weight is 638 g/mol. The van der Waals surface area contributed by atoms with Crippen LogP contribution in [0.2, 0.25) is 0 Å². The van der Waals surface area contributed by atoms with Gasteiger partial charge in [-0.25, -0.2) is 0 Å². The number of para-hydroxylation sites is 2. The number of hydrogen-bond acceptors (Lipinski definition) is 3. The highest BCUT2D eigenvalue weighted by Gasteiger charge is 2.30. The lowest BCUT2D eigenvalue weighted by molar-refractivity contribution is 0.488. The van der Waals surface area contributed by atoms with Crippen LogP contribution in [0.4, 0.5) is 0 Å². The molecule has 0 aliphatic carbocycles. The van der Waals surface area contributed by atoms with Crippen LogP contribution in [0.3, 0.4) is 0 Å². The van der Waals surface area contributed by atoms with Gasteiger partial charge in [-0.15, -0.1) is 0 Å². The zero-order valence-electron chi connectivity index (χ0n) is 26.4. The number of nitrogens with zero attached hydrogens (tertiary/aromatic N) is 1. The SMILES string of the molecule is N#Cc1c(-c2ccc3cccc4c3c2-c2ccc3c([nH]c5ccccc53)c2O4)cc2c3c(cccc13)-c1cc3c(cc1O2)[nH]c1ccccc13. The van der Waals surface area contributed by atoms with Crippen molar-refractivity contribution >= 4 is 65.2 Å². The van der Waals surface area contributed by atoms with Crippen molar-refractivity contribution in [2.75, 3.05) is 0 Å². The Balaban J connectivity index is 1.15. The molecule has 0 saturated heterocycles. The van der Waals surface area contributed by atoms with Crippen LogP contribution in [0, 0.1) is 11.3 Å². The fourth-order valence-electron chi connectivity index (χ4n) is 8.62. The van der Waals surface area contributed by atoms with Crippen LogP contribution in [0.25, 0.3) is 98.5 Å². The van der Waals surface area contributed by atoms with Crippen LogP contribution in [-0.2, 0) is 0 Å². The summed E-state index contributed by atoms with van der Waals surface area (Å²) in [6, 6.07) is 46.8. The van der Waals surface area contributed by atoms with Crippen molar-refractivity contribution in [2.24, 2.45) is 0 Å². The van der Waals surface area contributed by atoms with Crippen molar-refractivity contribution in [1.82, 2.24) is 9.97 Å². The number of nitriles is 1. The van der Waals surface area contributed by atoms with Crippen molar-refractivity contribution in [2.45, 2.75) is 0 Å². The molecule has 10 aromatic rings. The van der Waals surface area contributed by atoms with Gasteiger partial charge >= 0.3 is 0 Å². The normalized spacial score (nSPS) is 12.7. The Morgan fingerprint density at radius 3 is 2.12 bits per heavy atom. The third-order valence-corrected chi connectivity index (χ3v) is 10.8. The van der Waals surface area contributed by atoms with Crippen molar-refractivity contribution < 1.29 is 9.47 Å². The number of aromatic amines is 2. The van der Waals surface area contributed by atoms with Crippen LogP contribution in [0.15, 0.2) is 127 Å². The molecule has 5 heteroatoms. The van der Waals surface area contributed by atoms with E-state index in [2.05, 4.69) is 113 Å². The summed E-state index contributed by atoms with van der Waals surface area (Å²) in [6.45, 7) is 0. The van der Waals surface area contributed by atoms with Crippen molar-refractivity contribution in [1.29, 1.82) is 5.26 Å². The van der Waals surface area contributed by atoms with E-state index in [1.807, 2.05) is 30.3 Å². The predicted molar refractivity (Wildman–Crippen MR) is 201 cm³/mol. The molecule has 0 fully saturated rings. The Morgan fingerprint density at radius 2 is 1.24 bits per heavy atom. The largest absolute Gasteiger partial charge is 0.456 e. The van der Waals surface area contributed by atoms with E-state index in [1.54, 1.807) is 0 Å². The predicted octanol–water partition coefficient (Wildman–Crippen LogP) is 12.3. The van der Waals surface area contributed by atoms with Crippen LogP contribution >= 0.6 is 0 Å². The second-order valence-corrected chi connectivity index (χ2v) is 13.3. The highest BCUT2D eigenvalue weighted by Crippen LogP contribution is 2.56. The number of H-pyrrole nitrogens is 2. The molecule has 2 N–H and O–H groups in total. The molecular weight excluding hydrogens is 615 g/mol. The third-order valence-electron chi connectivity index (χ3n) is 10.8. The van der Waals surface area contributed by atoms with Gasteiger partial charge < -0.3 is 19.4 Å². The number of benzene rings is 8. The van der Waals surface area contributed by atoms with E-state index in [0.29, 0.717) is 5.56 Å². The fourth-order valence-corrected chi connectivity index (χ4v) is 8.62. The Hall–Kier alpha value is -7.03. The maximum absolute atomic E-state index is 10.9. The van der Waals surface area contributed by atoms with E-state index < -0.39 is 0 Å². The molecule has 0 unspecified atom stereocenters. The molecule has 12 rings (SSSR count). The molecule has 0 atom stereocenters. The molecule has 0 amide bonds. The number of ether oxygens (including phenoxy) is 2. The van der Waals surface area contributed by atoms with Gasteiger partial charge in [-0.3, -0.25) is 0 Å². The summed E-state index contributed by atoms with van der Waals surface area (Å²) >= 11 is 0. The summed E-state index contributed by atoms with van der Waals surface area (Å²) in [5.41, 5.74) is 10.7. The topological polar surface area (TPSA) is 73.8 Å². The first-order valence-corrected chi connectivity index (χ1v) is 16.7. The summed E-state index contributed by atoms with van der Waals surface area (Å²) in [5.74, 6) is 3.13. The van der Waals surface area contributed by atoms with Gasteiger partial charge in [0.2, 0.25) is 0 Å². The fraction of sp³-hybridized carbons (Fsp3) is 0. The van der Waals surface area contributed by atoms with Crippen molar-refractivity contribution in [3.63, 3.8) is 0 Å². The Labute approximate surface area is 284 Å². The molecule has 0 saturated carbocycles. The van der Waals surface area contributed by atoms with Crippen LogP contribution in [-0.4, -0.2) is 9.97 Å². The summed E-state index contributed by atoms with van der Waals surface area (Å²) in [6.07, 6.45) is 0. The van der Waals surface area contributed by atoms with Crippen LogP contribution < -0.4 is 9.47 Å². The minimum Gasteiger partial charge on any atom is -0.456 e. The van der Waals surface area contributed by atoms with Crippen molar-refractivity contribution in [3.8, 4) is 62.4 Å². The van der Waals surface area contributed by atoms with E-state index in [-0.39, 0.29) is 0 Å². The van der Waals surface area contributed by atoms with Crippen LogP contribution in [0.1, 0.15) is 5.56 Å². The molecule has 5 nitrogen and oxygen atoms in total. The van der Waals surface area contributed by atoms with E-state index in [0.717, 1.165) is 116 Å². The Kier molecular flexibility index (Phi) is 4.73. The van der Waals surface area contributed by atoms with Gasteiger partial charge in [-0.05, 0) is 52.9 Å². The number of rotatable bonds is 1.